The van der Waals surface area contributed by atoms with Crippen LogP contribution in [0.2, 0.25) is 0 Å². The fraction of sp³-hybridized carbons (Fsp3) is 0.667. The van der Waals surface area contributed by atoms with Crippen LogP contribution in [0.1, 0.15) is 50.9 Å². The minimum atomic E-state index is -0.481. The Kier molecular flexibility index (Phi) is 6.90. The van der Waals surface area contributed by atoms with Gasteiger partial charge >= 0.3 is 11.9 Å². The largest absolute Gasteiger partial charge is 0.462 e. The number of anilines is 1. The molecule has 1 atom stereocenters. The molecule has 0 saturated carbocycles. The maximum atomic E-state index is 11.8. The van der Waals surface area contributed by atoms with Gasteiger partial charge in [0.1, 0.15) is 5.60 Å². The number of carbonyl (C=O) groups is 2. The van der Waals surface area contributed by atoms with Gasteiger partial charge in [-0.2, -0.15) is 0 Å². The van der Waals surface area contributed by atoms with E-state index in [-0.39, 0.29) is 12.1 Å². The summed E-state index contributed by atoms with van der Waals surface area (Å²) in [6, 6.07) is 0. The van der Waals surface area contributed by atoms with E-state index < -0.39 is 11.6 Å². The molecule has 0 radical (unpaired) electrons. The number of hydrogen-bond donors (Lipinski definition) is 0. The van der Waals surface area contributed by atoms with Gasteiger partial charge in [0.05, 0.1) is 24.9 Å². The molecule has 0 spiro atoms. The number of ether oxygens (including phenoxy) is 3. The van der Waals surface area contributed by atoms with Crippen molar-refractivity contribution in [1.82, 2.24) is 9.97 Å². The Morgan fingerprint density at radius 1 is 1.31 bits per heavy atom. The molecule has 1 unspecified atom stereocenters. The van der Waals surface area contributed by atoms with Gasteiger partial charge in [-0.25, -0.2) is 14.8 Å². The van der Waals surface area contributed by atoms with Gasteiger partial charge in [0.25, 0.3) is 0 Å². The molecule has 1 aromatic rings. The van der Waals surface area contributed by atoms with Gasteiger partial charge in [-0.1, -0.05) is 0 Å². The van der Waals surface area contributed by atoms with Crippen molar-refractivity contribution in [3.8, 4) is 0 Å². The van der Waals surface area contributed by atoms with Crippen LogP contribution in [0.3, 0.4) is 0 Å². The number of carbonyl (C=O) groups excluding carboxylic acids is 2. The zero-order chi connectivity index (χ0) is 19.2. The van der Waals surface area contributed by atoms with Gasteiger partial charge in [0.2, 0.25) is 5.95 Å². The Morgan fingerprint density at radius 2 is 2.00 bits per heavy atom. The maximum Gasteiger partial charge on any atom is 0.341 e. The molecule has 2 rings (SSSR count). The summed E-state index contributed by atoms with van der Waals surface area (Å²) >= 11 is 0. The lowest BCUT2D eigenvalue weighted by Crippen LogP contribution is -2.43. The number of nitrogens with zero attached hydrogens (tertiary/aromatic N) is 3. The molecule has 0 aromatic carbocycles. The molecular formula is C18H27N3O5. The molecule has 0 amide bonds. The third-order valence-electron chi connectivity index (χ3n) is 3.66. The molecular weight excluding hydrogens is 338 g/mol. The molecule has 1 aliphatic heterocycles. The first-order valence-corrected chi connectivity index (χ1v) is 8.86. The molecule has 1 aliphatic rings. The highest BCUT2D eigenvalue weighted by Crippen LogP contribution is 2.17. The highest BCUT2D eigenvalue weighted by Gasteiger charge is 2.24. The van der Waals surface area contributed by atoms with Crippen molar-refractivity contribution in [2.24, 2.45) is 0 Å². The summed E-state index contributed by atoms with van der Waals surface area (Å²) < 4.78 is 16.0. The van der Waals surface area contributed by atoms with Crippen molar-refractivity contribution in [2.75, 3.05) is 31.2 Å². The number of morpholine rings is 1. The maximum absolute atomic E-state index is 11.8. The van der Waals surface area contributed by atoms with Crippen molar-refractivity contribution in [3.63, 3.8) is 0 Å². The van der Waals surface area contributed by atoms with Crippen LogP contribution < -0.4 is 4.90 Å². The summed E-state index contributed by atoms with van der Waals surface area (Å²) in [6.45, 7) is 9.37. The van der Waals surface area contributed by atoms with Gasteiger partial charge in [-0.3, -0.25) is 4.79 Å². The first-order valence-electron chi connectivity index (χ1n) is 8.86. The molecule has 8 heteroatoms. The smallest absolute Gasteiger partial charge is 0.341 e. The van der Waals surface area contributed by atoms with Crippen molar-refractivity contribution in [2.45, 2.75) is 52.2 Å². The van der Waals surface area contributed by atoms with E-state index in [4.69, 9.17) is 14.2 Å². The summed E-state index contributed by atoms with van der Waals surface area (Å²) in [4.78, 5) is 34.0. The first-order chi connectivity index (χ1) is 12.3. The Bertz CT molecular complexity index is 612. The van der Waals surface area contributed by atoms with E-state index in [1.165, 1.54) is 12.4 Å². The van der Waals surface area contributed by atoms with Crippen molar-refractivity contribution in [3.05, 3.63) is 18.0 Å². The fourth-order valence-corrected chi connectivity index (χ4v) is 2.55. The molecule has 1 aromatic heterocycles. The highest BCUT2D eigenvalue weighted by molar-refractivity contribution is 5.88. The Balaban J connectivity index is 1.87. The van der Waals surface area contributed by atoms with Crippen LogP contribution in [0.25, 0.3) is 0 Å². The lowest BCUT2D eigenvalue weighted by molar-refractivity contribution is -0.155. The zero-order valence-corrected chi connectivity index (χ0v) is 15.9. The zero-order valence-electron chi connectivity index (χ0n) is 15.9. The molecule has 0 bridgehead atoms. The SMILES string of the molecule is CCOC(=O)c1cnc(N2CCOC(CCC(=O)OC(C)(C)C)C2)nc1. The summed E-state index contributed by atoms with van der Waals surface area (Å²) in [6.07, 6.45) is 3.71. The van der Waals surface area contributed by atoms with E-state index in [9.17, 15) is 9.59 Å². The molecule has 1 saturated heterocycles. The number of hydrogen-bond acceptors (Lipinski definition) is 8. The summed E-state index contributed by atoms with van der Waals surface area (Å²) in [7, 11) is 0. The van der Waals surface area contributed by atoms with Gasteiger partial charge in [-0.05, 0) is 34.1 Å². The molecule has 1 fully saturated rings. The predicted octanol–water partition coefficient (Wildman–Crippen LogP) is 1.98. The number of aromatic nitrogens is 2. The second-order valence-corrected chi connectivity index (χ2v) is 7.06. The van der Waals surface area contributed by atoms with E-state index in [2.05, 4.69) is 9.97 Å². The minimum absolute atomic E-state index is 0.0930. The number of esters is 2. The molecule has 8 nitrogen and oxygen atoms in total. The third kappa shape index (κ3) is 6.25. The van der Waals surface area contributed by atoms with E-state index in [0.717, 1.165) is 0 Å². The lowest BCUT2D eigenvalue weighted by Gasteiger charge is -2.33. The van der Waals surface area contributed by atoms with Crippen LogP contribution in [-0.4, -0.2) is 59.9 Å². The second kappa shape index (κ2) is 8.93. The van der Waals surface area contributed by atoms with Crippen molar-refractivity contribution >= 4 is 17.9 Å². The Morgan fingerprint density at radius 3 is 2.62 bits per heavy atom. The quantitative estimate of drug-likeness (QED) is 0.707. The third-order valence-corrected chi connectivity index (χ3v) is 3.66. The number of rotatable bonds is 6. The summed E-state index contributed by atoms with van der Waals surface area (Å²) in [5.41, 5.74) is -0.157. The topological polar surface area (TPSA) is 90.8 Å². The van der Waals surface area contributed by atoms with Gasteiger partial charge in [-0.15, -0.1) is 0 Å². The van der Waals surface area contributed by atoms with E-state index in [1.807, 2.05) is 25.7 Å². The molecule has 26 heavy (non-hydrogen) atoms. The second-order valence-electron chi connectivity index (χ2n) is 7.06. The van der Waals surface area contributed by atoms with E-state index in [1.54, 1.807) is 6.92 Å². The molecule has 0 aliphatic carbocycles. The standard InChI is InChI=1S/C18H27N3O5/c1-5-24-16(23)13-10-19-17(20-11-13)21-8-9-25-14(12-21)6-7-15(22)26-18(2,3)4/h10-11,14H,5-9,12H2,1-4H3. The predicted molar refractivity (Wildman–Crippen MR) is 95.0 cm³/mol. The van der Waals surface area contributed by atoms with Crippen LogP contribution in [0.5, 0.6) is 0 Å². The lowest BCUT2D eigenvalue weighted by atomic mass is 10.1. The molecule has 2 heterocycles. The van der Waals surface area contributed by atoms with Crippen LogP contribution in [0.15, 0.2) is 12.4 Å². The fourth-order valence-electron chi connectivity index (χ4n) is 2.55. The van der Waals surface area contributed by atoms with Crippen LogP contribution >= 0.6 is 0 Å². The Hall–Kier alpha value is -2.22. The highest BCUT2D eigenvalue weighted by atomic mass is 16.6. The van der Waals surface area contributed by atoms with E-state index >= 15 is 0 Å². The average Bonchev–Trinajstić information content (AvgIpc) is 2.59. The monoisotopic (exact) mass is 365 g/mol. The van der Waals surface area contributed by atoms with E-state index in [0.29, 0.717) is 50.7 Å². The van der Waals surface area contributed by atoms with Crippen molar-refractivity contribution < 1.29 is 23.8 Å². The summed E-state index contributed by atoms with van der Waals surface area (Å²) in [5.74, 6) is -0.131. The normalized spacial score (nSPS) is 17.7. The van der Waals surface area contributed by atoms with Crippen LogP contribution in [-0.2, 0) is 19.0 Å². The molecule has 0 N–H and O–H groups in total. The molecule has 144 valence electrons. The summed E-state index contributed by atoms with van der Waals surface area (Å²) in [5, 5.41) is 0. The van der Waals surface area contributed by atoms with Crippen LogP contribution in [0, 0.1) is 0 Å². The van der Waals surface area contributed by atoms with Gasteiger partial charge < -0.3 is 19.1 Å². The van der Waals surface area contributed by atoms with Crippen molar-refractivity contribution in [1.29, 1.82) is 0 Å². The van der Waals surface area contributed by atoms with Crippen LogP contribution in [0.4, 0.5) is 5.95 Å². The van der Waals surface area contributed by atoms with Gasteiger partial charge in [0.15, 0.2) is 0 Å². The first kappa shape index (κ1) is 20.1. The minimum Gasteiger partial charge on any atom is -0.462 e. The van der Waals surface area contributed by atoms with Gasteiger partial charge in [0, 0.05) is 31.9 Å². The Labute approximate surface area is 153 Å². The average molecular weight is 365 g/mol.